The molecule has 0 aromatic heterocycles. The molecule has 0 saturated carbocycles. The van der Waals surface area contributed by atoms with E-state index in [1.807, 2.05) is 0 Å². The zero-order valence-corrected chi connectivity index (χ0v) is 24.5. The number of carbonyl (C=O) groups is 1. The molecule has 0 aliphatic carbocycles. The molecule has 3 aromatic carbocycles. The molecular formula is C28H32BrClFN3O4S. The van der Waals surface area contributed by atoms with Crippen LogP contribution in [0, 0.1) is 11.7 Å². The van der Waals surface area contributed by atoms with Crippen LogP contribution in [0.1, 0.15) is 42.5 Å². The lowest BCUT2D eigenvalue weighted by molar-refractivity contribution is 0.0952. The second-order valence-electron chi connectivity index (χ2n) is 9.27. The van der Waals surface area contributed by atoms with Crippen molar-refractivity contribution in [2.75, 3.05) is 24.4 Å². The second kappa shape index (κ2) is 14.6. The first-order valence-corrected chi connectivity index (χ1v) is 14.9. The zero-order valence-electron chi connectivity index (χ0n) is 21.3. The molecule has 11 heteroatoms. The Morgan fingerprint density at radius 3 is 2.38 bits per heavy atom. The van der Waals surface area contributed by atoms with Crippen LogP contribution in [0.15, 0.2) is 76.1 Å². The summed E-state index contributed by atoms with van der Waals surface area (Å²) in [5, 5.41) is 6.27. The van der Waals surface area contributed by atoms with Crippen LogP contribution in [0.4, 0.5) is 10.1 Å². The van der Waals surface area contributed by atoms with Gasteiger partial charge in [0.05, 0.1) is 10.6 Å². The number of amides is 1. The first-order valence-electron chi connectivity index (χ1n) is 12.6. The van der Waals surface area contributed by atoms with Crippen LogP contribution >= 0.6 is 28.3 Å². The summed E-state index contributed by atoms with van der Waals surface area (Å²) in [5.74, 6) is 0.508. The number of nitrogens with one attached hydrogen (secondary N) is 3. The second-order valence-corrected chi connectivity index (χ2v) is 11.9. The minimum Gasteiger partial charge on any atom is -0.455 e. The third kappa shape index (κ3) is 9.20. The molecule has 1 aliphatic heterocycles. The van der Waals surface area contributed by atoms with Crippen molar-refractivity contribution >= 4 is 50.0 Å². The Morgan fingerprint density at radius 2 is 1.69 bits per heavy atom. The van der Waals surface area contributed by atoms with Crippen molar-refractivity contribution in [2.24, 2.45) is 5.92 Å². The molecule has 7 nitrogen and oxygen atoms in total. The first-order chi connectivity index (χ1) is 18.3. The molecule has 3 N–H and O–H groups in total. The number of carbonyl (C=O) groups excluding carboxylic acids is 1. The zero-order chi connectivity index (χ0) is 27.0. The standard InChI is InChI=1S/C28H31BrFN3O4S.ClH/c29-22-6-9-24(10-7-22)37-27-13-8-23(30)19-26(27)33-38(35,36)25-11-4-21(5-12-25)28(34)32-16-2-1-3-20-14-17-31-18-15-20;/h4-13,19-20,31,33H,1-3,14-18H2,(H,32,34);1H. The van der Waals surface area contributed by atoms with Crippen molar-refractivity contribution in [1.82, 2.24) is 10.6 Å². The maximum atomic E-state index is 14.0. The number of halogens is 3. The van der Waals surface area contributed by atoms with Crippen LogP contribution in [0.5, 0.6) is 11.5 Å². The van der Waals surface area contributed by atoms with Crippen molar-refractivity contribution in [3.05, 3.63) is 82.6 Å². The maximum Gasteiger partial charge on any atom is 0.262 e. The molecule has 0 atom stereocenters. The van der Waals surface area contributed by atoms with E-state index in [-0.39, 0.29) is 34.6 Å². The highest BCUT2D eigenvalue weighted by Crippen LogP contribution is 2.32. The van der Waals surface area contributed by atoms with Crippen LogP contribution in [-0.4, -0.2) is 34.0 Å². The molecule has 1 amide bonds. The predicted molar refractivity (Wildman–Crippen MR) is 157 cm³/mol. The van der Waals surface area contributed by atoms with E-state index in [0.29, 0.717) is 17.9 Å². The van der Waals surface area contributed by atoms with Gasteiger partial charge in [-0.1, -0.05) is 28.8 Å². The Kier molecular flexibility index (Phi) is 11.6. The molecule has 4 rings (SSSR count). The number of ether oxygens (including phenoxy) is 1. The monoisotopic (exact) mass is 639 g/mol. The fourth-order valence-electron chi connectivity index (χ4n) is 4.32. The number of sulfonamides is 1. The largest absolute Gasteiger partial charge is 0.455 e. The maximum absolute atomic E-state index is 14.0. The fourth-order valence-corrected chi connectivity index (χ4v) is 5.65. The fraction of sp³-hybridized carbons (Fsp3) is 0.321. The normalized spacial score (nSPS) is 13.8. The lowest BCUT2D eigenvalue weighted by atomic mass is 9.92. The van der Waals surface area contributed by atoms with Crippen LogP contribution in [-0.2, 0) is 10.0 Å². The quantitative estimate of drug-likeness (QED) is 0.208. The average molecular weight is 641 g/mol. The summed E-state index contributed by atoms with van der Waals surface area (Å²) >= 11 is 3.34. The highest BCUT2D eigenvalue weighted by molar-refractivity contribution is 9.10. The van der Waals surface area contributed by atoms with Crippen molar-refractivity contribution in [3.8, 4) is 11.5 Å². The molecule has 0 radical (unpaired) electrons. The Hall–Kier alpha value is -2.66. The highest BCUT2D eigenvalue weighted by atomic mass is 79.9. The molecule has 210 valence electrons. The molecule has 1 heterocycles. The average Bonchev–Trinajstić information content (AvgIpc) is 2.91. The third-order valence-corrected chi connectivity index (χ3v) is 8.35. The van der Waals surface area contributed by atoms with Crippen molar-refractivity contribution in [2.45, 2.75) is 37.0 Å². The van der Waals surface area contributed by atoms with E-state index in [2.05, 4.69) is 31.3 Å². The lowest BCUT2D eigenvalue weighted by Gasteiger charge is -2.22. The van der Waals surface area contributed by atoms with Gasteiger partial charge in [-0.05, 0) is 98.9 Å². The van der Waals surface area contributed by atoms with Crippen LogP contribution < -0.4 is 20.1 Å². The van der Waals surface area contributed by atoms with E-state index < -0.39 is 15.8 Å². The van der Waals surface area contributed by atoms with E-state index >= 15 is 0 Å². The SMILES string of the molecule is Cl.O=C(NCCCCC1CCNCC1)c1ccc(S(=O)(=O)Nc2cc(F)ccc2Oc2ccc(Br)cc2)cc1. The van der Waals surface area contributed by atoms with Gasteiger partial charge in [0.15, 0.2) is 5.75 Å². The Morgan fingerprint density at radius 1 is 1.00 bits per heavy atom. The molecule has 0 spiro atoms. The smallest absolute Gasteiger partial charge is 0.262 e. The lowest BCUT2D eigenvalue weighted by Crippen LogP contribution is -2.28. The number of unbranched alkanes of at least 4 members (excludes halogenated alkanes) is 1. The summed E-state index contributed by atoms with van der Waals surface area (Å²) in [4.78, 5) is 12.4. The van der Waals surface area contributed by atoms with Gasteiger partial charge in [0.1, 0.15) is 11.6 Å². The number of anilines is 1. The molecule has 1 saturated heterocycles. The van der Waals surface area contributed by atoms with Gasteiger partial charge in [0, 0.05) is 22.6 Å². The van der Waals surface area contributed by atoms with E-state index in [1.54, 1.807) is 24.3 Å². The Labute approximate surface area is 243 Å². The molecule has 1 fully saturated rings. The third-order valence-electron chi connectivity index (χ3n) is 6.44. The number of hydrogen-bond acceptors (Lipinski definition) is 5. The van der Waals surface area contributed by atoms with E-state index in [0.717, 1.165) is 42.4 Å². The van der Waals surface area contributed by atoms with Gasteiger partial charge in [0.2, 0.25) is 0 Å². The molecule has 0 unspecified atom stereocenters. The Bertz CT molecular complexity index is 1340. The van der Waals surface area contributed by atoms with Gasteiger partial charge < -0.3 is 15.4 Å². The molecule has 1 aliphatic rings. The summed E-state index contributed by atoms with van der Waals surface area (Å²) in [5.41, 5.74) is 0.326. The topological polar surface area (TPSA) is 96.5 Å². The first kappa shape index (κ1) is 30.9. The van der Waals surface area contributed by atoms with E-state index in [4.69, 9.17) is 4.74 Å². The molecule has 3 aromatic rings. The van der Waals surface area contributed by atoms with Gasteiger partial charge in [-0.25, -0.2) is 12.8 Å². The van der Waals surface area contributed by atoms with Gasteiger partial charge in [-0.2, -0.15) is 0 Å². The summed E-state index contributed by atoms with van der Waals surface area (Å²) in [7, 11) is -4.07. The predicted octanol–water partition coefficient (Wildman–Crippen LogP) is 6.50. The van der Waals surface area contributed by atoms with Crippen molar-refractivity contribution < 1.29 is 22.3 Å². The molecular weight excluding hydrogens is 609 g/mol. The summed E-state index contributed by atoms with van der Waals surface area (Å²) in [6.07, 6.45) is 5.59. The molecule has 39 heavy (non-hydrogen) atoms. The van der Waals surface area contributed by atoms with Crippen LogP contribution in [0.3, 0.4) is 0 Å². The summed E-state index contributed by atoms with van der Waals surface area (Å²) in [6.45, 7) is 2.75. The number of benzene rings is 3. The van der Waals surface area contributed by atoms with Gasteiger partial charge in [-0.3, -0.25) is 9.52 Å². The number of piperidine rings is 1. The number of rotatable bonds is 11. The number of hydrogen-bond donors (Lipinski definition) is 3. The summed E-state index contributed by atoms with van der Waals surface area (Å²) in [6, 6.07) is 16.2. The summed E-state index contributed by atoms with van der Waals surface area (Å²) < 4.78 is 49.0. The Balaban J connectivity index is 0.00000420. The van der Waals surface area contributed by atoms with Gasteiger partial charge >= 0.3 is 0 Å². The van der Waals surface area contributed by atoms with Crippen LogP contribution in [0.2, 0.25) is 0 Å². The minimum absolute atomic E-state index is 0. The van der Waals surface area contributed by atoms with Crippen molar-refractivity contribution in [3.63, 3.8) is 0 Å². The van der Waals surface area contributed by atoms with E-state index in [9.17, 15) is 17.6 Å². The minimum atomic E-state index is -4.07. The highest BCUT2D eigenvalue weighted by Gasteiger charge is 2.19. The van der Waals surface area contributed by atoms with Gasteiger partial charge in [0.25, 0.3) is 15.9 Å². The van der Waals surface area contributed by atoms with Crippen molar-refractivity contribution in [1.29, 1.82) is 0 Å². The van der Waals surface area contributed by atoms with E-state index in [1.165, 1.54) is 55.7 Å². The molecule has 0 bridgehead atoms. The van der Waals surface area contributed by atoms with Crippen LogP contribution in [0.25, 0.3) is 0 Å². The van der Waals surface area contributed by atoms with Gasteiger partial charge in [-0.15, -0.1) is 12.4 Å².